The Labute approximate surface area is 188 Å². The van der Waals surface area contributed by atoms with Crippen molar-refractivity contribution in [2.24, 2.45) is 13.0 Å². The van der Waals surface area contributed by atoms with Gasteiger partial charge in [-0.2, -0.15) is 13.2 Å². The molecule has 7 heteroatoms. The zero-order chi connectivity index (χ0) is 22.9. The van der Waals surface area contributed by atoms with Crippen molar-refractivity contribution in [2.45, 2.75) is 37.8 Å². The van der Waals surface area contributed by atoms with E-state index in [0.29, 0.717) is 22.9 Å². The van der Waals surface area contributed by atoms with Gasteiger partial charge in [-0.25, -0.2) is 4.98 Å². The molecule has 1 fully saturated rings. The van der Waals surface area contributed by atoms with Gasteiger partial charge in [0.25, 0.3) is 5.56 Å². The molecule has 4 nitrogen and oxygen atoms in total. The van der Waals surface area contributed by atoms with Crippen LogP contribution in [0.1, 0.15) is 42.0 Å². The number of pyridine rings is 2. The van der Waals surface area contributed by atoms with Crippen molar-refractivity contribution in [1.82, 2.24) is 14.1 Å². The highest BCUT2D eigenvalue weighted by Crippen LogP contribution is 2.49. The van der Waals surface area contributed by atoms with Gasteiger partial charge in [0.15, 0.2) is 0 Å². The molecular weight excluding hydrogens is 427 g/mol. The minimum absolute atomic E-state index is 0.280. The Hall–Kier alpha value is -3.35. The van der Waals surface area contributed by atoms with Gasteiger partial charge < -0.3 is 4.57 Å². The zero-order valence-corrected chi connectivity index (χ0v) is 18.1. The molecule has 0 N–H and O–H groups in total. The maximum Gasteiger partial charge on any atom is 0.416 e. The lowest BCUT2D eigenvalue weighted by atomic mass is 9.86. The first kappa shape index (κ1) is 20.3. The van der Waals surface area contributed by atoms with Gasteiger partial charge in [0.05, 0.1) is 5.56 Å². The van der Waals surface area contributed by atoms with Crippen LogP contribution in [0.15, 0.2) is 59.5 Å². The summed E-state index contributed by atoms with van der Waals surface area (Å²) in [4.78, 5) is 17.7. The largest absolute Gasteiger partial charge is 0.416 e. The van der Waals surface area contributed by atoms with Crippen LogP contribution in [0, 0.1) is 5.92 Å². The van der Waals surface area contributed by atoms with E-state index in [4.69, 9.17) is 4.98 Å². The van der Waals surface area contributed by atoms with E-state index in [-0.39, 0.29) is 5.56 Å². The molecule has 0 spiro atoms. The van der Waals surface area contributed by atoms with Gasteiger partial charge in [0.2, 0.25) is 0 Å². The van der Waals surface area contributed by atoms with E-state index in [1.807, 2.05) is 6.07 Å². The molecule has 6 rings (SSSR count). The second kappa shape index (κ2) is 7.07. The third-order valence-electron chi connectivity index (χ3n) is 7.33. The van der Waals surface area contributed by atoms with Crippen LogP contribution in [0.4, 0.5) is 13.2 Å². The number of fused-ring (bicyclic) bond motifs is 6. The number of rotatable bonds is 2. The molecule has 33 heavy (non-hydrogen) atoms. The van der Waals surface area contributed by atoms with Crippen LogP contribution in [-0.2, 0) is 19.6 Å². The van der Waals surface area contributed by atoms with Crippen LogP contribution >= 0.6 is 0 Å². The SMILES string of the molecule is Cn1c2c(c3ccc(-n4ccc(-c5ccc(C(F)(F)F)cc5)cc4=O)nc31)C1CCC(C2)C1. The predicted molar refractivity (Wildman–Crippen MR) is 121 cm³/mol. The molecule has 0 saturated heterocycles. The average Bonchev–Trinajstić information content (AvgIpc) is 3.31. The lowest BCUT2D eigenvalue weighted by Gasteiger charge is -2.20. The highest BCUT2D eigenvalue weighted by atomic mass is 19.4. The van der Waals surface area contributed by atoms with Gasteiger partial charge >= 0.3 is 6.18 Å². The summed E-state index contributed by atoms with van der Waals surface area (Å²) in [6.45, 7) is 0. The van der Waals surface area contributed by atoms with Gasteiger partial charge in [-0.3, -0.25) is 9.36 Å². The molecular formula is C26H22F3N3O. The molecule has 0 aliphatic heterocycles. The standard InChI is InChI=1S/C26H22F3N3O/c1-31-21-13-15-2-3-18(12-15)24(21)20-8-9-22(30-25(20)31)32-11-10-17(14-23(32)33)16-4-6-19(7-5-16)26(27,28)29/h4-11,14-15,18H,2-3,12-13H2,1H3. The van der Waals surface area contributed by atoms with Crippen LogP contribution in [0.5, 0.6) is 0 Å². The molecule has 2 unspecified atom stereocenters. The highest BCUT2D eigenvalue weighted by Gasteiger charge is 2.36. The third-order valence-corrected chi connectivity index (χ3v) is 7.33. The second-order valence-electron chi connectivity index (χ2n) is 9.24. The van der Waals surface area contributed by atoms with Crippen LogP contribution < -0.4 is 5.56 Å². The van der Waals surface area contributed by atoms with Crippen molar-refractivity contribution >= 4 is 11.0 Å². The summed E-state index contributed by atoms with van der Waals surface area (Å²) in [6.07, 6.45) is 2.14. The molecule has 4 aromatic rings. The Morgan fingerprint density at radius 2 is 1.79 bits per heavy atom. The Morgan fingerprint density at radius 1 is 1.00 bits per heavy atom. The average molecular weight is 449 g/mol. The first-order valence-electron chi connectivity index (χ1n) is 11.2. The molecule has 2 aliphatic carbocycles. The minimum atomic E-state index is -4.39. The highest BCUT2D eigenvalue weighted by molar-refractivity contribution is 5.84. The number of hydrogen-bond donors (Lipinski definition) is 0. The maximum absolute atomic E-state index is 12.9. The number of alkyl halides is 3. The van der Waals surface area contributed by atoms with E-state index >= 15 is 0 Å². The molecule has 0 radical (unpaired) electrons. The number of halogens is 3. The summed E-state index contributed by atoms with van der Waals surface area (Å²) in [7, 11) is 2.05. The summed E-state index contributed by atoms with van der Waals surface area (Å²) in [6, 6.07) is 11.9. The van der Waals surface area contributed by atoms with E-state index in [0.717, 1.165) is 30.1 Å². The van der Waals surface area contributed by atoms with Crippen LogP contribution in [0.25, 0.3) is 28.0 Å². The van der Waals surface area contributed by atoms with E-state index in [1.54, 1.807) is 12.3 Å². The second-order valence-corrected chi connectivity index (χ2v) is 9.24. The molecule has 2 atom stereocenters. The van der Waals surface area contributed by atoms with E-state index in [2.05, 4.69) is 17.7 Å². The van der Waals surface area contributed by atoms with Crippen molar-refractivity contribution in [3.63, 3.8) is 0 Å². The fourth-order valence-corrected chi connectivity index (χ4v) is 5.70. The molecule has 2 aliphatic rings. The number of benzene rings is 1. The monoisotopic (exact) mass is 449 g/mol. The van der Waals surface area contributed by atoms with Gasteiger partial charge in [0.1, 0.15) is 11.5 Å². The number of aryl methyl sites for hydroxylation is 1. The summed E-state index contributed by atoms with van der Waals surface area (Å²) in [5, 5.41) is 1.18. The lowest BCUT2D eigenvalue weighted by Crippen LogP contribution is -2.17. The fourth-order valence-electron chi connectivity index (χ4n) is 5.70. The summed E-state index contributed by atoms with van der Waals surface area (Å²) >= 11 is 0. The molecule has 168 valence electrons. The topological polar surface area (TPSA) is 39.8 Å². The van der Waals surface area contributed by atoms with Crippen molar-refractivity contribution < 1.29 is 13.2 Å². The summed E-state index contributed by atoms with van der Waals surface area (Å²) in [5.41, 5.74) is 3.83. The van der Waals surface area contributed by atoms with E-state index in [1.165, 1.54) is 58.7 Å². The minimum Gasteiger partial charge on any atom is -0.332 e. The maximum atomic E-state index is 12.9. The first-order chi connectivity index (χ1) is 15.8. The Kier molecular flexibility index (Phi) is 4.34. The number of hydrogen-bond acceptors (Lipinski definition) is 2. The van der Waals surface area contributed by atoms with Crippen LogP contribution in [0.3, 0.4) is 0 Å². The normalized spacial score (nSPS) is 19.8. The molecule has 3 aromatic heterocycles. The quantitative estimate of drug-likeness (QED) is 0.385. The van der Waals surface area contributed by atoms with Crippen molar-refractivity contribution in [3.8, 4) is 16.9 Å². The Balaban J connectivity index is 1.38. The third kappa shape index (κ3) is 3.21. The summed E-state index contributed by atoms with van der Waals surface area (Å²) in [5.74, 6) is 1.92. The van der Waals surface area contributed by atoms with Gasteiger partial charge in [-0.05, 0) is 84.5 Å². The van der Waals surface area contributed by atoms with E-state index in [9.17, 15) is 18.0 Å². The predicted octanol–water partition coefficient (Wildman–Crippen LogP) is 5.85. The smallest absolute Gasteiger partial charge is 0.332 e. The van der Waals surface area contributed by atoms with Gasteiger partial charge in [-0.15, -0.1) is 0 Å². The number of aromatic nitrogens is 3. The Morgan fingerprint density at radius 3 is 2.52 bits per heavy atom. The Bertz CT molecular complexity index is 1450. The zero-order valence-electron chi connectivity index (χ0n) is 18.1. The van der Waals surface area contributed by atoms with Crippen LogP contribution in [-0.4, -0.2) is 14.1 Å². The fraction of sp³-hybridized carbons (Fsp3) is 0.308. The van der Waals surface area contributed by atoms with E-state index < -0.39 is 11.7 Å². The summed E-state index contributed by atoms with van der Waals surface area (Å²) < 4.78 is 42.1. The molecule has 2 bridgehead atoms. The molecule has 3 heterocycles. The van der Waals surface area contributed by atoms with Gasteiger partial charge in [0, 0.05) is 30.4 Å². The van der Waals surface area contributed by atoms with Crippen molar-refractivity contribution in [2.75, 3.05) is 0 Å². The van der Waals surface area contributed by atoms with Crippen molar-refractivity contribution in [3.05, 3.63) is 81.9 Å². The molecule has 1 aromatic carbocycles. The lowest BCUT2D eigenvalue weighted by molar-refractivity contribution is -0.137. The van der Waals surface area contributed by atoms with Gasteiger partial charge in [-0.1, -0.05) is 12.1 Å². The van der Waals surface area contributed by atoms with Crippen molar-refractivity contribution in [1.29, 1.82) is 0 Å². The first-order valence-corrected chi connectivity index (χ1v) is 11.2. The van der Waals surface area contributed by atoms with Crippen LogP contribution in [0.2, 0.25) is 0 Å². The molecule has 1 saturated carbocycles. The number of nitrogens with zero attached hydrogens (tertiary/aromatic N) is 3. The molecule has 0 amide bonds.